The van der Waals surface area contributed by atoms with Gasteiger partial charge >= 0.3 is 12.2 Å². The first kappa shape index (κ1) is 16.0. The van der Waals surface area contributed by atoms with Crippen molar-refractivity contribution in [3.8, 4) is 6.19 Å². The Hall–Kier alpha value is -3.33. The van der Waals surface area contributed by atoms with Crippen LogP contribution in [0.5, 0.6) is 0 Å². The van der Waals surface area contributed by atoms with E-state index in [-0.39, 0.29) is 18.1 Å². The number of ether oxygens (including phenoxy) is 2. The molecule has 0 unspecified atom stereocenters. The van der Waals surface area contributed by atoms with Crippen LogP contribution in [0.15, 0.2) is 60.7 Å². The number of hydrogen-bond donors (Lipinski definition) is 0. The maximum absolute atomic E-state index is 11.8. The molecule has 0 saturated carbocycles. The maximum Gasteiger partial charge on any atom is 0.433 e. The fourth-order valence-electron chi connectivity index (χ4n) is 1.72. The van der Waals surface area contributed by atoms with Crippen LogP contribution in [0.1, 0.15) is 11.1 Å². The first-order chi connectivity index (χ1) is 11.2. The zero-order valence-electron chi connectivity index (χ0n) is 12.2. The highest BCUT2D eigenvalue weighted by molar-refractivity contribution is 5.89. The molecule has 2 aromatic carbocycles. The third kappa shape index (κ3) is 4.86. The number of nitriles is 1. The van der Waals surface area contributed by atoms with Gasteiger partial charge in [-0.3, -0.25) is 0 Å². The van der Waals surface area contributed by atoms with Gasteiger partial charge in [-0.1, -0.05) is 60.7 Å². The molecule has 0 aromatic heterocycles. The van der Waals surface area contributed by atoms with Gasteiger partial charge in [-0.05, 0) is 11.1 Å². The summed E-state index contributed by atoms with van der Waals surface area (Å²) >= 11 is 0. The molecule has 0 aliphatic heterocycles. The minimum atomic E-state index is -1.07. The van der Waals surface area contributed by atoms with Gasteiger partial charge in [0.15, 0.2) is 6.19 Å². The van der Waals surface area contributed by atoms with Gasteiger partial charge in [0.05, 0.1) is 0 Å². The summed E-state index contributed by atoms with van der Waals surface area (Å²) in [7, 11) is 0. The Bertz CT molecular complexity index is 640. The minimum Gasteiger partial charge on any atom is -0.443 e. The molecule has 6 heteroatoms. The largest absolute Gasteiger partial charge is 0.443 e. The Labute approximate surface area is 133 Å². The lowest BCUT2D eigenvalue weighted by Gasteiger charge is -2.12. The molecule has 0 fully saturated rings. The van der Waals surface area contributed by atoms with E-state index < -0.39 is 12.2 Å². The van der Waals surface area contributed by atoms with Gasteiger partial charge in [0, 0.05) is 0 Å². The lowest BCUT2D eigenvalue weighted by molar-refractivity contribution is 0.0857. The zero-order valence-corrected chi connectivity index (χ0v) is 12.2. The first-order valence-electron chi connectivity index (χ1n) is 6.82. The molecule has 0 bridgehead atoms. The highest BCUT2D eigenvalue weighted by Crippen LogP contribution is 2.06. The average Bonchev–Trinajstić information content (AvgIpc) is 2.60. The Morgan fingerprint density at radius 2 is 1.22 bits per heavy atom. The minimum absolute atomic E-state index is 0.0379. The number of rotatable bonds is 4. The van der Waals surface area contributed by atoms with Gasteiger partial charge in [-0.2, -0.15) is 5.26 Å². The van der Waals surface area contributed by atoms with E-state index in [9.17, 15) is 9.59 Å². The summed E-state index contributed by atoms with van der Waals surface area (Å²) in [6.07, 6.45) is -0.691. The van der Waals surface area contributed by atoms with E-state index in [1.807, 2.05) is 12.1 Å². The molecule has 0 radical (unpaired) electrons. The maximum atomic E-state index is 11.8. The second-order valence-electron chi connectivity index (χ2n) is 4.52. The van der Waals surface area contributed by atoms with E-state index in [1.54, 1.807) is 48.5 Å². The molecule has 6 nitrogen and oxygen atoms in total. The van der Waals surface area contributed by atoms with Crippen molar-refractivity contribution in [3.63, 3.8) is 0 Å². The van der Waals surface area contributed by atoms with Crippen molar-refractivity contribution in [2.45, 2.75) is 13.2 Å². The molecule has 0 saturated heterocycles. The van der Waals surface area contributed by atoms with E-state index in [4.69, 9.17) is 14.7 Å². The SMILES string of the molecule is N#CN(C(=O)OCc1ccccc1)C(=O)OCc1ccccc1. The molecule has 0 aliphatic rings. The Kier molecular flexibility index (Phi) is 5.72. The molecule has 23 heavy (non-hydrogen) atoms. The number of hydrogen-bond acceptors (Lipinski definition) is 5. The summed E-state index contributed by atoms with van der Waals surface area (Å²) < 4.78 is 9.84. The van der Waals surface area contributed by atoms with Crippen molar-refractivity contribution < 1.29 is 19.1 Å². The lowest BCUT2D eigenvalue weighted by Crippen LogP contribution is -2.33. The number of carbonyl (C=O) groups excluding carboxylic acids is 2. The fraction of sp³-hybridized carbons (Fsp3) is 0.118. The van der Waals surface area contributed by atoms with Crippen LogP contribution in [0.4, 0.5) is 9.59 Å². The van der Waals surface area contributed by atoms with Crippen molar-refractivity contribution in [2.24, 2.45) is 0 Å². The molecular weight excluding hydrogens is 296 g/mol. The monoisotopic (exact) mass is 310 g/mol. The normalized spacial score (nSPS) is 9.52. The molecule has 0 heterocycles. The molecule has 0 aliphatic carbocycles. The predicted molar refractivity (Wildman–Crippen MR) is 80.7 cm³/mol. The molecule has 0 N–H and O–H groups in total. The zero-order chi connectivity index (χ0) is 16.5. The van der Waals surface area contributed by atoms with Crippen LogP contribution >= 0.6 is 0 Å². The average molecular weight is 310 g/mol. The first-order valence-corrected chi connectivity index (χ1v) is 6.82. The molecule has 0 spiro atoms. The molecule has 2 rings (SSSR count). The topological polar surface area (TPSA) is 79.6 Å². The second kappa shape index (κ2) is 8.20. The van der Waals surface area contributed by atoms with Gasteiger partial charge in [0.1, 0.15) is 13.2 Å². The van der Waals surface area contributed by atoms with E-state index >= 15 is 0 Å². The standard InChI is InChI=1S/C17H14N2O4/c18-13-19(16(20)22-11-14-7-3-1-4-8-14)17(21)23-12-15-9-5-2-6-10-15/h1-10H,11-12H2. The number of nitrogens with zero attached hydrogens (tertiary/aromatic N) is 2. The van der Waals surface area contributed by atoms with Crippen LogP contribution in [0.25, 0.3) is 0 Å². The Morgan fingerprint density at radius 1 is 0.826 bits per heavy atom. The van der Waals surface area contributed by atoms with Crippen molar-refractivity contribution in [1.29, 1.82) is 5.26 Å². The van der Waals surface area contributed by atoms with Gasteiger partial charge in [0.2, 0.25) is 0 Å². The molecule has 116 valence electrons. The van der Waals surface area contributed by atoms with Gasteiger partial charge in [0.25, 0.3) is 0 Å². The summed E-state index contributed by atoms with van der Waals surface area (Å²) in [4.78, 5) is 23.8. The van der Waals surface area contributed by atoms with E-state index in [0.717, 1.165) is 11.1 Å². The van der Waals surface area contributed by atoms with E-state index in [0.29, 0.717) is 0 Å². The lowest BCUT2D eigenvalue weighted by atomic mass is 10.2. The molecule has 0 atom stereocenters. The van der Waals surface area contributed by atoms with E-state index in [1.165, 1.54) is 6.19 Å². The number of carbonyl (C=O) groups is 2. The van der Waals surface area contributed by atoms with Crippen LogP contribution in [0.2, 0.25) is 0 Å². The van der Waals surface area contributed by atoms with Crippen molar-refractivity contribution >= 4 is 12.2 Å². The third-order valence-corrected chi connectivity index (χ3v) is 2.88. The Balaban J connectivity index is 1.86. The summed E-state index contributed by atoms with van der Waals surface area (Å²) in [6, 6.07) is 17.9. The molecular formula is C17H14N2O4. The summed E-state index contributed by atoms with van der Waals surface area (Å²) in [5.41, 5.74) is 1.49. The van der Waals surface area contributed by atoms with Gasteiger partial charge in [-0.25, -0.2) is 9.59 Å². The van der Waals surface area contributed by atoms with Gasteiger partial charge in [-0.15, -0.1) is 4.90 Å². The van der Waals surface area contributed by atoms with E-state index in [2.05, 4.69) is 0 Å². The molecule has 2 amide bonds. The van der Waals surface area contributed by atoms with Crippen LogP contribution in [-0.2, 0) is 22.7 Å². The predicted octanol–water partition coefficient (Wildman–Crippen LogP) is 3.44. The quantitative estimate of drug-likeness (QED) is 0.638. The van der Waals surface area contributed by atoms with Crippen LogP contribution in [-0.4, -0.2) is 17.1 Å². The third-order valence-electron chi connectivity index (χ3n) is 2.88. The number of benzene rings is 2. The van der Waals surface area contributed by atoms with Gasteiger partial charge < -0.3 is 9.47 Å². The highest BCUT2D eigenvalue weighted by Gasteiger charge is 2.24. The van der Waals surface area contributed by atoms with Crippen molar-refractivity contribution in [2.75, 3.05) is 0 Å². The summed E-state index contributed by atoms with van der Waals surface area (Å²) in [6.45, 7) is -0.0758. The second-order valence-corrected chi connectivity index (χ2v) is 4.52. The smallest absolute Gasteiger partial charge is 0.433 e. The number of imide groups is 1. The summed E-state index contributed by atoms with van der Waals surface area (Å²) in [5.74, 6) is 0. The molecule has 2 aromatic rings. The van der Waals surface area contributed by atoms with Crippen LogP contribution < -0.4 is 0 Å². The summed E-state index contributed by atoms with van der Waals surface area (Å²) in [5, 5.41) is 8.94. The van der Waals surface area contributed by atoms with Crippen molar-refractivity contribution in [3.05, 3.63) is 71.8 Å². The van der Waals surface area contributed by atoms with Crippen LogP contribution in [0, 0.1) is 11.5 Å². The highest BCUT2D eigenvalue weighted by atomic mass is 16.6. The van der Waals surface area contributed by atoms with Crippen molar-refractivity contribution in [1.82, 2.24) is 4.90 Å². The van der Waals surface area contributed by atoms with Crippen LogP contribution in [0.3, 0.4) is 0 Å². The number of amides is 2. The Morgan fingerprint density at radius 3 is 1.57 bits per heavy atom. The fourth-order valence-corrected chi connectivity index (χ4v) is 1.72.